The minimum Gasteiger partial charge on any atom is -0.456 e. The summed E-state index contributed by atoms with van der Waals surface area (Å²) < 4.78 is 6.92. The second kappa shape index (κ2) is 7.95. The zero-order valence-corrected chi connectivity index (χ0v) is 19.3. The molecule has 1 fully saturated rings. The van der Waals surface area contributed by atoms with Gasteiger partial charge in [0.25, 0.3) is 11.5 Å². The van der Waals surface area contributed by atoms with Gasteiger partial charge in [-0.1, -0.05) is 23.7 Å². The smallest absolute Gasteiger partial charge is 0.354 e. The van der Waals surface area contributed by atoms with Crippen LogP contribution in [-0.2, 0) is 20.9 Å². The molecular weight excluding hydrogens is 460 g/mol. The first-order chi connectivity index (χ1) is 16.2. The molecule has 34 heavy (non-hydrogen) atoms. The number of nitrogens with zero attached hydrogens (tertiary/aromatic N) is 4. The number of esters is 1. The van der Waals surface area contributed by atoms with E-state index in [1.807, 2.05) is 0 Å². The van der Waals surface area contributed by atoms with E-state index < -0.39 is 11.6 Å². The van der Waals surface area contributed by atoms with Gasteiger partial charge in [-0.2, -0.15) is 0 Å². The van der Waals surface area contributed by atoms with E-state index in [0.29, 0.717) is 21.9 Å². The number of halogens is 1. The highest BCUT2D eigenvalue weighted by molar-refractivity contribution is 6.30. The highest BCUT2D eigenvalue weighted by Gasteiger charge is 2.62. The molecule has 0 N–H and O–H groups in total. The predicted octanol–water partition coefficient (Wildman–Crippen LogP) is 2.78. The van der Waals surface area contributed by atoms with Gasteiger partial charge in [-0.3, -0.25) is 23.7 Å². The highest BCUT2D eigenvalue weighted by Crippen LogP contribution is 2.46. The molecule has 10 heteroatoms. The van der Waals surface area contributed by atoms with E-state index in [1.165, 1.54) is 26.5 Å². The summed E-state index contributed by atoms with van der Waals surface area (Å²) in [5.74, 6) is -1.35. The van der Waals surface area contributed by atoms with Crippen molar-refractivity contribution in [1.82, 2.24) is 14.3 Å². The van der Waals surface area contributed by atoms with Gasteiger partial charge in [0.05, 0.1) is 22.0 Å². The van der Waals surface area contributed by atoms with Gasteiger partial charge in [-0.25, -0.2) is 9.78 Å². The number of rotatable bonds is 4. The van der Waals surface area contributed by atoms with Crippen molar-refractivity contribution >= 4 is 40.7 Å². The van der Waals surface area contributed by atoms with Crippen molar-refractivity contribution in [2.24, 2.45) is 0 Å². The molecule has 4 heterocycles. The van der Waals surface area contributed by atoms with Gasteiger partial charge in [0.2, 0.25) is 11.6 Å². The lowest BCUT2D eigenvalue weighted by Crippen LogP contribution is -2.70. The summed E-state index contributed by atoms with van der Waals surface area (Å²) >= 11 is 5.95. The third kappa shape index (κ3) is 3.19. The molecule has 2 aliphatic rings. The van der Waals surface area contributed by atoms with E-state index in [4.69, 9.17) is 16.3 Å². The fourth-order valence-electron chi connectivity index (χ4n) is 4.83. The van der Waals surface area contributed by atoms with Crippen molar-refractivity contribution in [1.29, 1.82) is 0 Å². The molecule has 0 saturated carbocycles. The number of anilines is 1. The minimum absolute atomic E-state index is 0.0935. The Morgan fingerprint density at radius 3 is 2.71 bits per heavy atom. The van der Waals surface area contributed by atoms with Gasteiger partial charge in [0, 0.05) is 31.1 Å². The molecule has 1 aromatic carbocycles. The second-order valence-corrected chi connectivity index (χ2v) is 9.01. The first-order valence-electron chi connectivity index (χ1n) is 10.8. The quantitative estimate of drug-likeness (QED) is 0.532. The standard InChI is InChI=1S/C24H21ClN4O5/c1-14(2)28-22(32)17-5-3-4-6-18(17)29-20(30)9-10-24(28,29)23(33)34-13-16-11-21(31)27-12-15(25)7-8-19(27)26-16/h3-8,11-12,14H,9-10,13H2,1-2H3. The molecule has 1 atom stereocenters. The maximum absolute atomic E-state index is 13.6. The SMILES string of the molecule is CC(C)N1C(=O)c2ccccc2N2C(=O)CCC21C(=O)OCc1cc(=O)n2cc(Cl)ccc2n1. The molecule has 0 radical (unpaired) electrons. The first kappa shape index (κ1) is 22.1. The summed E-state index contributed by atoms with van der Waals surface area (Å²) in [5.41, 5.74) is -0.632. The van der Waals surface area contributed by atoms with Crippen molar-refractivity contribution in [2.45, 2.75) is 45.0 Å². The number of ether oxygens (including phenoxy) is 1. The van der Waals surface area contributed by atoms with Gasteiger partial charge >= 0.3 is 5.97 Å². The van der Waals surface area contributed by atoms with Crippen LogP contribution in [0.15, 0.2) is 53.5 Å². The molecule has 2 aromatic heterocycles. The number of aromatic nitrogens is 2. The number of benzene rings is 1. The third-order valence-electron chi connectivity index (χ3n) is 6.17. The number of pyridine rings is 1. The number of hydrogen-bond acceptors (Lipinski definition) is 6. The zero-order valence-electron chi connectivity index (χ0n) is 18.5. The van der Waals surface area contributed by atoms with Crippen molar-refractivity contribution in [2.75, 3.05) is 4.90 Å². The molecule has 0 bridgehead atoms. The van der Waals surface area contributed by atoms with Crippen LogP contribution in [-0.4, -0.2) is 43.8 Å². The van der Waals surface area contributed by atoms with Crippen LogP contribution >= 0.6 is 11.6 Å². The number of hydrogen-bond donors (Lipinski definition) is 0. The van der Waals surface area contributed by atoms with Crippen LogP contribution in [0.1, 0.15) is 42.7 Å². The van der Waals surface area contributed by atoms with E-state index in [2.05, 4.69) is 4.98 Å². The van der Waals surface area contributed by atoms with Gasteiger partial charge in [-0.05, 0) is 38.1 Å². The summed E-state index contributed by atoms with van der Waals surface area (Å²) in [6, 6.07) is 10.8. The normalized spacial score (nSPS) is 19.5. The van der Waals surface area contributed by atoms with E-state index >= 15 is 0 Å². The lowest BCUT2D eigenvalue weighted by atomic mass is 9.95. The van der Waals surface area contributed by atoms with Crippen molar-refractivity contribution in [3.05, 3.63) is 75.3 Å². The Labute approximate surface area is 199 Å². The molecule has 0 spiro atoms. The first-order valence-corrected chi connectivity index (χ1v) is 11.2. The maximum atomic E-state index is 13.6. The summed E-state index contributed by atoms with van der Waals surface area (Å²) in [4.78, 5) is 59.7. The zero-order chi connectivity index (χ0) is 24.2. The van der Waals surface area contributed by atoms with E-state index in [-0.39, 0.29) is 48.6 Å². The Hall–Kier alpha value is -3.72. The van der Waals surface area contributed by atoms with Crippen molar-refractivity contribution in [3.63, 3.8) is 0 Å². The molecule has 3 aromatic rings. The number of amides is 2. The Kier molecular flexibility index (Phi) is 5.16. The van der Waals surface area contributed by atoms with E-state index in [1.54, 1.807) is 50.2 Å². The molecule has 2 aliphatic heterocycles. The summed E-state index contributed by atoms with van der Waals surface area (Å²) in [6.07, 6.45) is 1.65. The Bertz CT molecular complexity index is 1420. The third-order valence-corrected chi connectivity index (χ3v) is 6.39. The highest BCUT2D eigenvalue weighted by atomic mass is 35.5. The van der Waals surface area contributed by atoms with E-state index in [9.17, 15) is 19.2 Å². The van der Waals surface area contributed by atoms with Crippen molar-refractivity contribution < 1.29 is 19.1 Å². The Balaban J connectivity index is 1.52. The molecule has 5 rings (SSSR count). The van der Waals surface area contributed by atoms with Gasteiger partial charge < -0.3 is 9.64 Å². The average Bonchev–Trinajstić information content (AvgIpc) is 3.16. The number of fused-ring (bicyclic) bond motifs is 4. The molecule has 174 valence electrons. The maximum Gasteiger partial charge on any atom is 0.354 e. The summed E-state index contributed by atoms with van der Waals surface area (Å²) in [6.45, 7) is 3.29. The van der Waals surface area contributed by atoms with Crippen LogP contribution < -0.4 is 10.5 Å². The van der Waals surface area contributed by atoms with Crippen LogP contribution in [0.25, 0.3) is 5.65 Å². The van der Waals surface area contributed by atoms with Gasteiger partial charge in [0.1, 0.15) is 12.3 Å². The average molecular weight is 481 g/mol. The molecule has 9 nitrogen and oxygen atoms in total. The fraction of sp³-hybridized carbons (Fsp3) is 0.292. The molecule has 0 aliphatic carbocycles. The molecule has 1 saturated heterocycles. The Morgan fingerprint density at radius 1 is 1.18 bits per heavy atom. The number of para-hydroxylation sites is 1. The van der Waals surface area contributed by atoms with E-state index in [0.717, 1.165) is 0 Å². The van der Waals surface area contributed by atoms with Crippen molar-refractivity contribution in [3.8, 4) is 0 Å². The Morgan fingerprint density at radius 2 is 1.94 bits per heavy atom. The number of carbonyl (C=O) groups excluding carboxylic acids is 3. The summed E-state index contributed by atoms with van der Waals surface area (Å²) in [7, 11) is 0. The largest absolute Gasteiger partial charge is 0.456 e. The topological polar surface area (TPSA) is 101 Å². The van der Waals surface area contributed by atoms with Crippen LogP contribution in [0.3, 0.4) is 0 Å². The van der Waals surface area contributed by atoms with Crippen LogP contribution in [0.4, 0.5) is 5.69 Å². The lowest BCUT2D eigenvalue weighted by molar-refractivity contribution is -0.159. The summed E-state index contributed by atoms with van der Waals surface area (Å²) in [5, 5.41) is 0.386. The monoisotopic (exact) mass is 480 g/mol. The number of carbonyl (C=O) groups is 3. The molecular formula is C24H21ClN4O5. The molecule has 2 amide bonds. The van der Waals surface area contributed by atoms with Crippen LogP contribution in [0, 0.1) is 0 Å². The lowest BCUT2D eigenvalue weighted by Gasteiger charge is -2.50. The fourth-order valence-corrected chi connectivity index (χ4v) is 4.99. The minimum atomic E-state index is -1.60. The van der Waals surface area contributed by atoms with Gasteiger partial charge in [0.15, 0.2) is 0 Å². The molecule has 1 unspecified atom stereocenters. The van der Waals surface area contributed by atoms with Crippen LogP contribution in [0.5, 0.6) is 0 Å². The van der Waals surface area contributed by atoms with Crippen LogP contribution in [0.2, 0.25) is 5.02 Å². The second-order valence-electron chi connectivity index (χ2n) is 8.57. The predicted molar refractivity (Wildman–Crippen MR) is 123 cm³/mol. The van der Waals surface area contributed by atoms with Gasteiger partial charge in [-0.15, -0.1) is 0 Å².